The van der Waals surface area contributed by atoms with Gasteiger partial charge in [0.15, 0.2) is 5.58 Å². The van der Waals surface area contributed by atoms with Crippen LogP contribution in [-0.4, -0.2) is 10.9 Å². The number of hydrogen-bond acceptors (Lipinski definition) is 4. The van der Waals surface area contributed by atoms with Crippen molar-refractivity contribution in [1.82, 2.24) is 4.98 Å². The fourth-order valence-electron chi connectivity index (χ4n) is 2.03. The summed E-state index contributed by atoms with van der Waals surface area (Å²) in [7, 11) is 0. The molecule has 0 bridgehead atoms. The molecule has 5 nitrogen and oxygen atoms in total. The minimum absolute atomic E-state index is 0.195. The van der Waals surface area contributed by atoms with Gasteiger partial charge in [-0.05, 0) is 24.3 Å². The van der Waals surface area contributed by atoms with E-state index in [0.717, 1.165) is 0 Å². The van der Waals surface area contributed by atoms with Crippen molar-refractivity contribution in [2.24, 2.45) is 0 Å². The second-order valence-corrected chi connectivity index (χ2v) is 4.97. The van der Waals surface area contributed by atoms with E-state index < -0.39 is 0 Å². The fraction of sp³-hybridized carbons (Fsp3) is 0.0625. The monoisotopic (exact) mass is 311 g/mol. The first kappa shape index (κ1) is 14.1. The standard InChI is InChI=1S/C16H10ClN3O2/c17-12-4-2-1-3-11(12)16-20-13-6-5-10(9-14(13)22-16)19-15(21)7-8-18/h1-6,9H,7H2,(H,19,21). The molecule has 1 aromatic heterocycles. The van der Waals surface area contributed by atoms with E-state index >= 15 is 0 Å². The topological polar surface area (TPSA) is 78.9 Å². The molecule has 0 saturated heterocycles. The van der Waals surface area contributed by atoms with E-state index in [4.69, 9.17) is 21.3 Å². The Balaban J connectivity index is 1.96. The summed E-state index contributed by atoms with van der Waals surface area (Å²) in [4.78, 5) is 15.8. The van der Waals surface area contributed by atoms with Crippen molar-refractivity contribution >= 4 is 34.3 Å². The average molecular weight is 312 g/mol. The van der Waals surface area contributed by atoms with E-state index in [1.807, 2.05) is 18.2 Å². The number of rotatable bonds is 3. The molecule has 0 unspecified atom stereocenters. The smallest absolute Gasteiger partial charge is 0.238 e. The number of anilines is 1. The Morgan fingerprint density at radius 2 is 2.14 bits per heavy atom. The average Bonchev–Trinajstić information content (AvgIpc) is 2.90. The molecule has 1 heterocycles. The first-order valence-corrected chi connectivity index (χ1v) is 6.87. The Kier molecular flexibility index (Phi) is 3.77. The van der Waals surface area contributed by atoms with Crippen LogP contribution >= 0.6 is 11.6 Å². The highest BCUT2D eigenvalue weighted by Crippen LogP contribution is 2.30. The van der Waals surface area contributed by atoms with E-state index in [0.29, 0.717) is 33.3 Å². The molecule has 0 aliphatic heterocycles. The van der Waals surface area contributed by atoms with Gasteiger partial charge in [0.25, 0.3) is 0 Å². The highest BCUT2D eigenvalue weighted by atomic mass is 35.5. The van der Waals surface area contributed by atoms with Crippen molar-refractivity contribution in [3.8, 4) is 17.5 Å². The Labute approximate surface area is 131 Å². The molecule has 0 saturated carbocycles. The van der Waals surface area contributed by atoms with Crippen LogP contribution in [0.25, 0.3) is 22.6 Å². The first-order valence-electron chi connectivity index (χ1n) is 6.49. The third-order valence-corrected chi connectivity index (χ3v) is 3.35. The third-order valence-electron chi connectivity index (χ3n) is 3.02. The molecule has 0 radical (unpaired) electrons. The van der Waals surface area contributed by atoms with Gasteiger partial charge in [0.1, 0.15) is 11.9 Å². The van der Waals surface area contributed by atoms with E-state index in [9.17, 15) is 4.79 Å². The first-order chi connectivity index (χ1) is 10.7. The zero-order valence-electron chi connectivity index (χ0n) is 11.3. The van der Waals surface area contributed by atoms with Crippen molar-refractivity contribution < 1.29 is 9.21 Å². The van der Waals surface area contributed by atoms with Gasteiger partial charge in [-0.15, -0.1) is 0 Å². The number of aromatic nitrogens is 1. The summed E-state index contributed by atoms with van der Waals surface area (Å²) in [5.74, 6) is 0.0498. The molecular weight excluding hydrogens is 302 g/mol. The van der Waals surface area contributed by atoms with Crippen LogP contribution in [0, 0.1) is 11.3 Å². The van der Waals surface area contributed by atoms with E-state index in [2.05, 4.69) is 10.3 Å². The molecule has 0 aliphatic carbocycles. The van der Waals surface area contributed by atoms with Crippen LogP contribution in [-0.2, 0) is 4.79 Å². The minimum atomic E-state index is -0.368. The van der Waals surface area contributed by atoms with Gasteiger partial charge in [0.2, 0.25) is 11.8 Å². The van der Waals surface area contributed by atoms with Crippen molar-refractivity contribution in [1.29, 1.82) is 5.26 Å². The molecule has 1 amide bonds. The third kappa shape index (κ3) is 2.78. The molecule has 3 rings (SSSR count). The summed E-state index contributed by atoms with van der Waals surface area (Å²) >= 11 is 6.13. The maximum absolute atomic E-state index is 11.4. The number of nitrogens with zero attached hydrogens (tertiary/aromatic N) is 2. The predicted molar refractivity (Wildman–Crippen MR) is 83.3 cm³/mol. The molecule has 1 N–H and O–H groups in total. The lowest BCUT2D eigenvalue weighted by molar-refractivity contribution is -0.115. The summed E-state index contributed by atoms with van der Waals surface area (Å²) in [6.07, 6.45) is -0.195. The van der Waals surface area contributed by atoms with Crippen LogP contribution in [0.5, 0.6) is 0 Å². The SMILES string of the molecule is N#CCC(=O)Nc1ccc2nc(-c3ccccc3Cl)oc2c1. The fourth-order valence-corrected chi connectivity index (χ4v) is 2.25. The van der Waals surface area contributed by atoms with E-state index in [1.165, 1.54) is 0 Å². The molecule has 22 heavy (non-hydrogen) atoms. The van der Waals surface area contributed by atoms with Crippen molar-refractivity contribution in [3.05, 3.63) is 47.5 Å². The van der Waals surface area contributed by atoms with Crippen LogP contribution in [0.15, 0.2) is 46.9 Å². The number of halogens is 1. The molecule has 0 spiro atoms. The number of carbonyl (C=O) groups is 1. The number of amides is 1. The number of nitrogens with one attached hydrogen (secondary N) is 1. The van der Waals surface area contributed by atoms with Gasteiger partial charge in [-0.3, -0.25) is 4.79 Å². The Morgan fingerprint density at radius 3 is 2.91 bits per heavy atom. The maximum atomic E-state index is 11.4. The molecular formula is C16H10ClN3O2. The summed E-state index contributed by atoms with van der Waals surface area (Å²) in [6.45, 7) is 0. The molecule has 6 heteroatoms. The maximum Gasteiger partial charge on any atom is 0.238 e. The van der Waals surface area contributed by atoms with Gasteiger partial charge >= 0.3 is 0 Å². The predicted octanol–water partition coefficient (Wildman–Crippen LogP) is 4.00. The Bertz CT molecular complexity index is 896. The second-order valence-electron chi connectivity index (χ2n) is 4.56. The molecule has 3 aromatic rings. The van der Waals surface area contributed by atoms with Gasteiger partial charge in [-0.1, -0.05) is 23.7 Å². The lowest BCUT2D eigenvalue weighted by atomic mass is 10.2. The summed E-state index contributed by atoms with van der Waals surface area (Å²) in [5, 5.41) is 11.7. The zero-order valence-corrected chi connectivity index (χ0v) is 12.1. The lowest BCUT2D eigenvalue weighted by Crippen LogP contribution is -2.09. The highest BCUT2D eigenvalue weighted by Gasteiger charge is 2.12. The quantitative estimate of drug-likeness (QED) is 0.793. The summed E-state index contributed by atoms with van der Waals surface area (Å²) < 4.78 is 5.71. The number of hydrogen-bond donors (Lipinski definition) is 1. The van der Waals surface area contributed by atoms with Gasteiger partial charge in [-0.25, -0.2) is 4.98 Å². The summed E-state index contributed by atoms with van der Waals surface area (Å²) in [5.41, 5.74) is 2.45. The number of carbonyl (C=O) groups excluding carboxylic acids is 1. The number of nitriles is 1. The Morgan fingerprint density at radius 1 is 1.32 bits per heavy atom. The molecule has 0 fully saturated rings. The van der Waals surface area contributed by atoms with Crippen molar-refractivity contribution in [3.63, 3.8) is 0 Å². The van der Waals surface area contributed by atoms with E-state index in [-0.39, 0.29) is 12.3 Å². The van der Waals surface area contributed by atoms with Crippen LogP contribution in [0.3, 0.4) is 0 Å². The largest absolute Gasteiger partial charge is 0.436 e. The number of benzene rings is 2. The van der Waals surface area contributed by atoms with Crippen LogP contribution in [0.1, 0.15) is 6.42 Å². The van der Waals surface area contributed by atoms with Crippen molar-refractivity contribution in [2.45, 2.75) is 6.42 Å². The number of oxazole rings is 1. The number of fused-ring (bicyclic) bond motifs is 1. The second kappa shape index (κ2) is 5.88. The molecule has 0 atom stereocenters. The van der Waals surface area contributed by atoms with E-state index in [1.54, 1.807) is 30.3 Å². The lowest BCUT2D eigenvalue weighted by Gasteiger charge is -2.01. The van der Waals surface area contributed by atoms with Gasteiger partial charge in [-0.2, -0.15) is 5.26 Å². The van der Waals surface area contributed by atoms with Crippen LogP contribution < -0.4 is 5.32 Å². The minimum Gasteiger partial charge on any atom is -0.436 e. The highest BCUT2D eigenvalue weighted by molar-refractivity contribution is 6.33. The van der Waals surface area contributed by atoms with Gasteiger partial charge in [0, 0.05) is 11.8 Å². The molecule has 2 aromatic carbocycles. The molecule has 0 aliphatic rings. The van der Waals surface area contributed by atoms with Crippen LogP contribution in [0.4, 0.5) is 5.69 Å². The zero-order chi connectivity index (χ0) is 15.5. The molecule has 108 valence electrons. The Hall–Kier alpha value is -2.84. The summed E-state index contributed by atoms with van der Waals surface area (Å²) in [6, 6.07) is 14.2. The van der Waals surface area contributed by atoms with Gasteiger partial charge in [0.05, 0.1) is 16.7 Å². The normalized spacial score (nSPS) is 10.4. The van der Waals surface area contributed by atoms with Crippen LogP contribution in [0.2, 0.25) is 5.02 Å². The van der Waals surface area contributed by atoms with Gasteiger partial charge < -0.3 is 9.73 Å². The van der Waals surface area contributed by atoms with Crippen molar-refractivity contribution in [2.75, 3.05) is 5.32 Å².